The smallest absolute Gasteiger partial charge is 0.251 e. The Morgan fingerprint density at radius 2 is 2.00 bits per heavy atom. The number of rotatable bonds is 6. The fourth-order valence-electron chi connectivity index (χ4n) is 2.87. The van der Waals surface area contributed by atoms with Crippen LogP contribution >= 0.6 is 0 Å². The van der Waals surface area contributed by atoms with Crippen molar-refractivity contribution in [3.8, 4) is 5.75 Å². The highest BCUT2D eigenvalue weighted by Crippen LogP contribution is 2.18. The van der Waals surface area contributed by atoms with Crippen molar-refractivity contribution < 1.29 is 9.53 Å². The Morgan fingerprint density at radius 1 is 1.30 bits per heavy atom. The van der Waals surface area contributed by atoms with E-state index in [1.807, 2.05) is 19.1 Å². The molecule has 1 N–H and O–H groups in total. The second-order valence-electron chi connectivity index (χ2n) is 6.60. The molecule has 0 aliphatic carbocycles. The van der Waals surface area contributed by atoms with Crippen LogP contribution in [-0.2, 0) is 0 Å². The van der Waals surface area contributed by atoms with Gasteiger partial charge in [0.1, 0.15) is 5.75 Å². The zero-order chi connectivity index (χ0) is 16.8. The van der Waals surface area contributed by atoms with Crippen LogP contribution in [-0.4, -0.2) is 69.1 Å². The lowest BCUT2D eigenvalue weighted by Gasteiger charge is -2.33. The fourth-order valence-corrected chi connectivity index (χ4v) is 2.87. The van der Waals surface area contributed by atoms with Gasteiger partial charge < -0.3 is 19.9 Å². The van der Waals surface area contributed by atoms with Gasteiger partial charge in [-0.2, -0.15) is 0 Å². The number of nitrogens with zero attached hydrogens (tertiary/aromatic N) is 2. The number of aryl methyl sites for hydroxylation is 1. The van der Waals surface area contributed by atoms with Crippen LogP contribution < -0.4 is 10.1 Å². The Kier molecular flexibility index (Phi) is 6.42. The molecule has 5 nitrogen and oxygen atoms in total. The summed E-state index contributed by atoms with van der Waals surface area (Å²) in [5.74, 6) is 1.16. The quantitative estimate of drug-likeness (QED) is 0.865. The molecule has 1 amide bonds. The molecule has 0 radical (unpaired) electrons. The lowest BCUT2D eigenvalue weighted by atomic mass is 10.1. The van der Waals surface area contributed by atoms with E-state index in [0.29, 0.717) is 18.0 Å². The molecule has 5 heteroatoms. The normalized spacial score (nSPS) is 17.7. The molecule has 1 aliphatic rings. The van der Waals surface area contributed by atoms with Gasteiger partial charge in [0.2, 0.25) is 0 Å². The summed E-state index contributed by atoms with van der Waals surface area (Å²) >= 11 is 0. The minimum Gasteiger partial charge on any atom is -0.496 e. The van der Waals surface area contributed by atoms with Gasteiger partial charge in [-0.3, -0.25) is 4.79 Å². The van der Waals surface area contributed by atoms with Crippen molar-refractivity contribution in [1.82, 2.24) is 15.1 Å². The summed E-state index contributed by atoms with van der Waals surface area (Å²) in [6, 6.07) is 5.57. The number of likely N-dealkylation sites (N-methyl/N-ethyl adjacent to an activating group) is 1. The lowest BCUT2D eigenvalue weighted by Crippen LogP contribution is -2.46. The summed E-state index contributed by atoms with van der Waals surface area (Å²) in [6.07, 6.45) is 0. The van der Waals surface area contributed by atoms with Gasteiger partial charge in [-0.25, -0.2) is 0 Å². The second kappa shape index (κ2) is 8.31. The molecule has 128 valence electrons. The third-order valence-corrected chi connectivity index (χ3v) is 4.45. The number of carbonyl (C=O) groups is 1. The van der Waals surface area contributed by atoms with Crippen LogP contribution in [0.25, 0.3) is 0 Å². The van der Waals surface area contributed by atoms with Crippen LogP contribution in [0, 0.1) is 12.8 Å². The van der Waals surface area contributed by atoms with Gasteiger partial charge >= 0.3 is 0 Å². The molecule has 1 aromatic carbocycles. The molecule has 1 unspecified atom stereocenters. The van der Waals surface area contributed by atoms with Crippen LogP contribution in [0.3, 0.4) is 0 Å². The Labute approximate surface area is 139 Å². The van der Waals surface area contributed by atoms with E-state index in [0.717, 1.165) is 44.0 Å². The Hall–Kier alpha value is -1.59. The molecule has 23 heavy (non-hydrogen) atoms. The first-order valence-corrected chi connectivity index (χ1v) is 8.33. The van der Waals surface area contributed by atoms with Crippen molar-refractivity contribution in [2.24, 2.45) is 5.92 Å². The van der Waals surface area contributed by atoms with E-state index in [-0.39, 0.29) is 5.91 Å². The average Bonchev–Trinajstić information content (AvgIpc) is 2.55. The zero-order valence-electron chi connectivity index (χ0n) is 14.8. The minimum atomic E-state index is -0.0338. The van der Waals surface area contributed by atoms with Gasteiger partial charge in [0.15, 0.2) is 0 Å². The van der Waals surface area contributed by atoms with E-state index in [9.17, 15) is 4.79 Å². The average molecular weight is 319 g/mol. The number of nitrogens with one attached hydrogen (secondary N) is 1. The molecular weight excluding hydrogens is 290 g/mol. The number of amides is 1. The number of ether oxygens (including phenoxy) is 1. The molecule has 0 bridgehead atoms. The first kappa shape index (κ1) is 17.8. The third kappa shape index (κ3) is 5.22. The van der Waals surface area contributed by atoms with Gasteiger partial charge in [-0.05, 0) is 37.6 Å². The number of methoxy groups -OCH3 is 1. The molecule has 2 rings (SSSR count). The third-order valence-electron chi connectivity index (χ3n) is 4.45. The summed E-state index contributed by atoms with van der Waals surface area (Å²) < 4.78 is 5.28. The largest absolute Gasteiger partial charge is 0.496 e. The van der Waals surface area contributed by atoms with Crippen molar-refractivity contribution in [3.63, 3.8) is 0 Å². The molecular formula is C18H29N3O2. The number of carbonyl (C=O) groups excluding carboxylic acids is 1. The molecule has 0 spiro atoms. The predicted molar refractivity (Wildman–Crippen MR) is 93.2 cm³/mol. The number of hydrogen-bond donors (Lipinski definition) is 1. The summed E-state index contributed by atoms with van der Waals surface area (Å²) in [5, 5.41) is 3.04. The van der Waals surface area contributed by atoms with E-state index >= 15 is 0 Å². The van der Waals surface area contributed by atoms with Gasteiger partial charge in [0.05, 0.1) is 7.11 Å². The molecule has 0 aromatic heterocycles. The first-order chi connectivity index (χ1) is 11.0. The fraction of sp³-hybridized carbons (Fsp3) is 0.611. The van der Waals surface area contributed by atoms with Crippen LogP contribution in [0.5, 0.6) is 5.75 Å². The second-order valence-corrected chi connectivity index (χ2v) is 6.60. The summed E-state index contributed by atoms with van der Waals surface area (Å²) in [4.78, 5) is 17.1. The molecule has 1 saturated heterocycles. The maximum atomic E-state index is 12.3. The lowest BCUT2D eigenvalue weighted by molar-refractivity contribution is 0.0937. The monoisotopic (exact) mass is 319 g/mol. The minimum absolute atomic E-state index is 0.0338. The summed E-state index contributed by atoms with van der Waals surface area (Å²) in [6.45, 7) is 10.4. The highest BCUT2D eigenvalue weighted by molar-refractivity contribution is 5.94. The summed E-state index contributed by atoms with van der Waals surface area (Å²) in [5.41, 5.74) is 1.69. The molecule has 1 atom stereocenters. The maximum absolute atomic E-state index is 12.3. The van der Waals surface area contributed by atoms with Crippen molar-refractivity contribution >= 4 is 5.91 Å². The molecule has 1 aromatic rings. The van der Waals surface area contributed by atoms with Crippen molar-refractivity contribution in [2.45, 2.75) is 13.8 Å². The van der Waals surface area contributed by atoms with E-state index in [1.165, 1.54) is 0 Å². The molecule has 1 fully saturated rings. The Bertz CT molecular complexity index is 525. The molecule has 1 aliphatic heterocycles. The van der Waals surface area contributed by atoms with Crippen LogP contribution in [0.2, 0.25) is 0 Å². The number of benzene rings is 1. The highest BCUT2D eigenvalue weighted by atomic mass is 16.5. The molecule has 0 saturated carbocycles. The van der Waals surface area contributed by atoms with Crippen molar-refractivity contribution in [2.75, 3.05) is 53.4 Å². The maximum Gasteiger partial charge on any atom is 0.251 e. The highest BCUT2D eigenvalue weighted by Gasteiger charge is 2.17. The van der Waals surface area contributed by atoms with Crippen LogP contribution in [0.1, 0.15) is 22.8 Å². The van der Waals surface area contributed by atoms with Gasteiger partial charge in [-0.15, -0.1) is 0 Å². The van der Waals surface area contributed by atoms with Crippen LogP contribution in [0.15, 0.2) is 18.2 Å². The standard InChI is InChI=1S/C18H29N3O2/c1-14(13-21-9-7-20(3)8-10-21)12-19-18(22)16-6-5-15(2)17(11-16)23-4/h5-6,11,14H,7-10,12-13H2,1-4H3,(H,19,22). The number of hydrogen-bond acceptors (Lipinski definition) is 4. The first-order valence-electron chi connectivity index (χ1n) is 8.33. The van der Waals surface area contributed by atoms with E-state index in [2.05, 4.69) is 29.1 Å². The zero-order valence-corrected chi connectivity index (χ0v) is 14.8. The molecule has 1 heterocycles. The van der Waals surface area contributed by atoms with E-state index in [4.69, 9.17) is 4.74 Å². The van der Waals surface area contributed by atoms with E-state index in [1.54, 1.807) is 13.2 Å². The Morgan fingerprint density at radius 3 is 2.65 bits per heavy atom. The van der Waals surface area contributed by atoms with Crippen molar-refractivity contribution in [1.29, 1.82) is 0 Å². The predicted octanol–water partition coefficient (Wildman–Crippen LogP) is 1.62. The number of piperazine rings is 1. The SMILES string of the molecule is COc1cc(C(=O)NCC(C)CN2CCN(C)CC2)ccc1C. The van der Waals surface area contributed by atoms with Gasteiger partial charge in [0, 0.05) is 44.8 Å². The topological polar surface area (TPSA) is 44.8 Å². The van der Waals surface area contributed by atoms with E-state index < -0.39 is 0 Å². The Balaban J connectivity index is 1.79. The van der Waals surface area contributed by atoms with Gasteiger partial charge in [0.25, 0.3) is 5.91 Å². The van der Waals surface area contributed by atoms with Crippen molar-refractivity contribution in [3.05, 3.63) is 29.3 Å². The summed E-state index contributed by atoms with van der Waals surface area (Å²) in [7, 11) is 3.79. The van der Waals surface area contributed by atoms with Gasteiger partial charge in [-0.1, -0.05) is 13.0 Å². The van der Waals surface area contributed by atoms with Crippen LogP contribution in [0.4, 0.5) is 0 Å².